The van der Waals surface area contributed by atoms with Gasteiger partial charge in [-0.25, -0.2) is 19.6 Å². The van der Waals surface area contributed by atoms with E-state index in [0.29, 0.717) is 0 Å². The molecule has 2 heterocycles. The molecule has 2 rings (SSSR count). The van der Waals surface area contributed by atoms with Crippen LogP contribution in [0.15, 0.2) is 36.7 Å². The van der Waals surface area contributed by atoms with Gasteiger partial charge in [0.05, 0.1) is 0 Å². The van der Waals surface area contributed by atoms with Gasteiger partial charge < -0.3 is 10.2 Å². The van der Waals surface area contributed by atoms with Crippen LogP contribution in [0.3, 0.4) is 0 Å². The Balaban J connectivity index is 0.000000483. The summed E-state index contributed by atoms with van der Waals surface area (Å²) in [5, 5.41) is 17.2. The van der Waals surface area contributed by atoms with E-state index in [2.05, 4.69) is 23.8 Å². The van der Waals surface area contributed by atoms with Crippen LogP contribution < -0.4 is 0 Å². The smallest absolute Gasteiger partial charge is 0.354 e. The molecule has 0 saturated heterocycles. The Kier molecular flexibility index (Phi) is 12.7. The van der Waals surface area contributed by atoms with Crippen molar-refractivity contribution in [2.24, 2.45) is 0 Å². The molecule has 0 fully saturated rings. The molecule has 0 amide bonds. The van der Waals surface area contributed by atoms with E-state index in [9.17, 15) is 9.59 Å². The second-order valence-corrected chi connectivity index (χ2v) is 5.92. The van der Waals surface area contributed by atoms with Gasteiger partial charge in [-0.2, -0.15) is 0 Å². The Morgan fingerprint density at radius 1 is 0.778 bits per heavy atom. The maximum Gasteiger partial charge on any atom is 0.354 e. The molecule has 0 aliphatic rings. The van der Waals surface area contributed by atoms with Crippen LogP contribution in [0.4, 0.5) is 0 Å². The van der Waals surface area contributed by atoms with Crippen molar-refractivity contribution < 1.29 is 36.9 Å². The zero-order chi connectivity index (χ0) is 19.4. The van der Waals surface area contributed by atoms with E-state index in [-0.39, 0.29) is 28.5 Å². The summed E-state index contributed by atoms with van der Waals surface area (Å²) in [7, 11) is 0. The Morgan fingerprint density at radius 3 is 1.37 bits per heavy atom. The van der Waals surface area contributed by atoms with Crippen molar-refractivity contribution in [3.05, 3.63) is 59.2 Å². The number of unbranched alkanes of at least 4 members (excludes halogenated alkanes) is 2. The van der Waals surface area contributed by atoms with Gasteiger partial charge in [-0.1, -0.05) is 38.8 Å². The SMILES string of the molecule is CCCCc1ccc(C(=O)O)nc1.CCCCc1ccc(C(=O)O)nc1.[Mn]. The van der Waals surface area contributed by atoms with Crippen LogP contribution in [0.1, 0.15) is 71.6 Å². The van der Waals surface area contributed by atoms with Crippen LogP contribution in [0.5, 0.6) is 0 Å². The topological polar surface area (TPSA) is 100 Å². The molecule has 0 spiro atoms. The zero-order valence-corrected chi connectivity index (χ0v) is 16.9. The van der Waals surface area contributed by atoms with E-state index in [4.69, 9.17) is 10.2 Å². The van der Waals surface area contributed by atoms with Crippen LogP contribution >= 0.6 is 0 Å². The van der Waals surface area contributed by atoms with Gasteiger partial charge in [0.25, 0.3) is 0 Å². The molecule has 27 heavy (non-hydrogen) atoms. The molecule has 6 nitrogen and oxygen atoms in total. The molecule has 147 valence electrons. The molecule has 2 aromatic heterocycles. The summed E-state index contributed by atoms with van der Waals surface area (Å²) in [6.45, 7) is 4.25. The third-order valence-corrected chi connectivity index (χ3v) is 3.73. The first-order valence-electron chi connectivity index (χ1n) is 8.84. The van der Waals surface area contributed by atoms with Crippen molar-refractivity contribution in [1.29, 1.82) is 0 Å². The first kappa shape index (κ1) is 24.8. The van der Waals surface area contributed by atoms with E-state index in [1.165, 1.54) is 0 Å². The maximum atomic E-state index is 10.5. The minimum atomic E-state index is -0.970. The monoisotopic (exact) mass is 413 g/mol. The second-order valence-electron chi connectivity index (χ2n) is 5.92. The van der Waals surface area contributed by atoms with Gasteiger partial charge >= 0.3 is 11.9 Å². The van der Waals surface area contributed by atoms with E-state index >= 15 is 0 Å². The molecule has 0 saturated carbocycles. The third kappa shape index (κ3) is 9.87. The third-order valence-electron chi connectivity index (χ3n) is 3.73. The van der Waals surface area contributed by atoms with E-state index in [1.54, 1.807) is 24.5 Å². The Labute approximate surface area is 170 Å². The average Bonchev–Trinajstić information content (AvgIpc) is 2.66. The van der Waals surface area contributed by atoms with Crippen LogP contribution in [-0.2, 0) is 29.9 Å². The van der Waals surface area contributed by atoms with Gasteiger partial charge in [0.2, 0.25) is 0 Å². The Bertz CT molecular complexity index is 627. The number of carboxylic acids is 2. The quantitative estimate of drug-likeness (QED) is 0.628. The molecule has 2 aromatic rings. The fourth-order valence-corrected chi connectivity index (χ4v) is 2.16. The largest absolute Gasteiger partial charge is 0.477 e. The summed E-state index contributed by atoms with van der Waals surface area (Å²) >= 11 is 0. The number of rotatable bonds is 8. The number of carboxylic acid groups (broad SMARTS) is 2. The van der Waals surface area contributed by atoms with E-state index in [0.717, 1.165) is 49.7 Å². The molecule has 7 heteroatoms. The first-order valence-corrected chi connectivity index (χ1v) is 8.84. The van der Waals surface area contributed by atoms with Crippen LogP contribution in [0.25, 0.3) is 0 Å². The Hall–Kier alpha value is -2.24. The van der Waals surface area contributed by atoms with E-state index < -0.39 is 11.9 Å². The number of aromatic nitrogens is 2. The fraction of sp³-hybridized carbons (Fsp3) is 0.400. The summed E-state index contributed by atoms with van der Waals surface area (Å²) < 4.78 is 0. The van der Waals surface area contributed by atoms with Crippen molar-refractivity contribution in [3.63, 3.8) is 0 Å². The molecule has 0 aliphatic heterocycles. The number of carbonyl (C=O) groups is 2. The maximum absolute atomic E-state index is 10.5. The average molecular weight is 413 g/mol. The summed E-state index contributed by atoms with van der Waals surface area (Å²) in [4.78, 5) is 28.6. The molecular formula is C20H26MnN2O4. The molecular weight excluding hydrogens is 387 g/mol. The molecule has 2 N–H and O–H groups in total. The van der Waals surface area contributed by atoms with Gasteiger partial charge in [-0.3, -0.25) is 0 Å². The van der Waals surface area contributed by atoms with Gasteiger partial charge in [0.15, 0.2) is 0 Å². The summed E-state index contributed by atoms with van der Waals surface area (Å²) in [5.74, 6) is -1.94. The van der Waals surface area contributed by atoms with Crippen LogP contribution in [0.2, 0.25) is 0 Å². The van der Waals surface area contributed by atoms with Crippen molar-refractivity contribution >= 4 is 11.9 Å². The van der Waals surface area contributed by atoms with Crippen molar-refractivity contribution in [2.75, 3.05) is 0 Å². The number of hydrogen-bond donors (Lipinski definition) is 2. The minimum Gasteiger partial charge on any atom is -0.477 e. The van der Waals surface area contributed by atoms with Gasteiger partial charge in [0, 0.05) is 29.5 Å². The summed E-state index contributed by atoms with van der Waals surface area (Å²) in [5.41, 5.74) is 2.43. The Morgan fingerprint density at radius 2 is 1.15 bits per heavy atom. The minimum absolute atomic E-state index is 0. The normalized spacial score (nSPS) is 9.56. The van der Waals surface area contributed by atoms with Crippen molar-refractivity contribution in [2.45, 2.75) is 52.4 Å². The van der Waals surface area contributed by atoms with Crippen LogP contribution in [-0.4, -0.2) is 32.1 Å². The number of aryl methyl sites for hydroxylation is 2. The van der Waals surface area contributed by atoms with Gasteiger partial charge in [-0.15, -0.1) is 0 Å². The number of pyridine rings is 2. The zero-order valence-electron chi connectivity index (χ0n) is 15.7. The van der Waals surface area contributed by atoms with Crippen LogP contribution in [0, 0.1) is 0 Å². The fourth-order valence-electron chi connectivity index (χ4n) is 2.16. The van der Waals surface area contributed by atoms with Crippen molar-refractivity contribution in [1.82, 2.24) is 9.97 Å². The van der Waals surface area contributed by atoms with Gasteiger partial charge in [0.1, 0.15) is 11.4 Å². The molecule has 1 radical (unpaired) electrons. The molecule has 0 atom stereocenters. The van der Waals surface area contributed by atoms with Gasteiger partial charge in [-0.05, 0) is 48.9 Å². The number of aromatic carboxylic acids is 2. The molecule has 0 bridgehead atoms. The molecule has 0 unspecified atom stereocenters. The van der Waals surface area contributed by atoms with E-state index in [1.807, 2.05) is 12.1 Å². The summed E-state index contributed by atoms with van der Waals surface area (Å²) in [6, 6.07) is 6.75. The van der Waals surface area contributed by atoms with Crippen molar-refractivity contribution in [3.8, 4) is 0 Å². The number of nitrogens with zero attached hydrogens (tertiary/aromatic N) is 2. The molecule has 0 aliphatic carbocycles. The predicted molar refractivity (Wildman–Crippen MR) is 99.6 cm³/mol. The predicted octanol–water partition coefficient (Wildman–Crippen LogP) is 4.24. The standard InChI is InChI=1S/2C10H13NO2.Mn/c2*1-2-3-4-8-5-6-9(10(12)13)11-7-8;/h2*5-7H,2-4H2,1H3,(H,12,13);. The number of hydrogen-bond acceptors (Lipinski definition) is 4. The summed E-state index contributed by atoms with van der Waals surface area (Å²) in [6.07, 6.45) is 9.74. The first-order chi connectivity index (χ1) is 12.5. The second kappa shape index (κ2) is 13.9. The molecule has 0 aromatic carbocycles.